The van der Waals surface area contributed by atoms with Crippen molar-refractivity contribution in [3.8, 4) is 0 Å². The third kappa shape index (κ3) is 3.23. The first-order valence-electron chi connectivity index (χ1n) is 9.47. The van der Waals surface area contributed by atoms with Gasteiger partial charge >= 0.3 is 0 Å². The number of fused-ring (bicyclic) bond motifs is 2. The molecule has 0 saturated heterocycles. The zero-order valence-electron chi connectivity index (χ0n) is 16.6. The first-order valence-corrected chi connectivity index (χ1v) is 10.7. The minimum Gasteiger partial charge on any atom is -0.352 e. The summed E-state index contributed by atoms with van der Waals surface area (Å²) in [5, 5.41) is 5.72. The highest BCUT2D eigenvalue weighted by Gasteiger charge is 2.30. The fourth-order valence-electron chi connectivity index (χ4n) is 3.66. The van der Waals surface area contributed by atoms with Gasteiger partial charge in [0.2, 0.25) is 11.7 Å². The van der Waals surface area contributed by atoms with E-state index in [0.717, 1.165) is 32.9 Å². The van der Waals surface area contributed by atoms with Gasteiger partial charge in [-0.2, -0.15) is 0 Å². The molecule has 1 aromatic carbocycles. The number of aromatic nitrogens is 2. The summed E-state index contributed by atoms with van der Waals surface area (Å²) in [5.41, 5.74) is 3.68. The van der Waals surface area contributed by atoms with E-state index >= 15 is 0 Å². The third-order valence-corrected chi connectivity index (χ3v) is 6.09. The molecule has 0 aliphatic heterocycles. The van der Waals surface area contributed by atoms with E-state index in [1.54, 1.807) is 19.2 Å². The average molecular weight is 404 g/mol. The van der Waals surface area contributed by atoms with Crippen molar-refractivity contribution in [1.29, 1.82) is 0 Å². The number of thioether (sulfide) groups is 1. The number of Topliss-reactive ketones (excluding diaryl/α,β-unsaturated/α-hetero) is 1. The second kappa shape index (κ2) is 7.79. The summed E-state index contributed by atoms with van der Waals surface area (Å²) in [7, 11) is 0. The van der Waals surface area contributed by atoms with Gasteiger partial charge in [-0.05, 0) is 49.6 Å². The normalized spacial score (nSPS) is 14.0. The standard InChI is InChI=1S/C23H21N3O2S/c1-4-13(2)23(28)25-12-10-16-19-18-15(14-7-5-6-8-17(14)26-19)9-11-24-20(18)21(27)22(16)29-3/h4-9,11H,10,12H2,1-3H3,(H,25,28)/b13-4+. The van der Waals surface area contributed by atoms with Gasteiger partial charge in [0.15, 0.2) is 0 Å². The summed E-state index contributed by atoms with van der Waals surface area (Å²) in [6.45, 7) is 4.05. The number of allylic oxidation sites excluding steroid dienone is 2. The molecule has 1 N–H and O–H groups in total. The summed E-state index contributed by atoms with van der Waals surface area (Å²) in [4.78, 5) is 35.2. The first-order chi connectivity index (χ1) is 14.1. The molecule has 3 aromatic rings. The molecule has 0 fully saturated rings. The topological polar surface area (TPSA) is 72.0 Å². The lowest BCUT2D eigenvalue weighted by atomic mass is 9.91. The van der Waals surface area contributed by atoms with Gasteiger partial charge in [-0.25, -0.2) is 4.98 Å². The largest absolute Gasteiger partial charge is 0.352 e. The summed E-state index contributed by atoms with van der Waals surface area (Å²) in [6.07, 6.45) is 5.89. The maximum Gasteiger partial charge on any atom is 0.246 e. The van der Waals surface area contributed by atoms with Crippen molar-refractivity contribution in [3.63, 3.8) is 0 Å². The van der Waals surface area contributed by atoms with E-state index in [9.17, 15) is 9.59 Å². The summed E-state index contributed by atoms with van der Waals surface area (Å²) in [6, 6.07) is 9.88. The Hall–Kier alpha value is -2.99. The van der Waals surface area contributed by atoms with Crippen LogP contribution in [0, 0.1) is 0 Å². The fourth-order valence-corrected chi connectivity index (χ4v) is 4.39. The van der Waals surface area contributed by atoms with Crippen LogP contribution in [-0.2, 0) is 4.79 Å². The van der Waals surface area contributed by atoms with Crippen molar-refractivity contribution < 1.29 is 9.59 Å². The average Bonchev–Trinajstić information content (AvgIpc) is 2.76. The van der Waals surface area contributed by atoms with Crippen LogP contribution >= 0.6 is 11.8 Å². The molecule has 0 spiro atoms. The Balaban J connectivity index is 1.85. The number of hydrogen-bond acceptors (Lipinski definition) is 5. The van der Waals surface area contributed by atoms with Gasteiger partial charge in [0.25, 0.3) is 0 Å². The second-order valence-electron chi connectivity index (χ2n) is 6.88. The number of nitrogens with zero attached hydrogens (tertiary/aromatic N) is 2. The van der Waals surface area contributed by atoms with Crippen LogP contribution in [0.2, 0.25) is 0 Å². The summed E-state index contributed by atoms with van der Waals surface area (Å²) < 4.78 is 0. The molecule has 0 radical (unpaired) electrons. The maximum atomic E-state index is 13.2. The molecule has 0 bridgehead atoms. The number of amides is 1. The minimum absolute atomic E-state index is 0.0707. The van der Waals surface area contributed by atoms with Crippen LogP contribution < -0.4 is 5.32 Å². The van der Waals surface area contributed by atoms with Crippen molar-refractivity contribution in [2.24, 2.45) is 0 Å². The lowest BCUT2D eigenvalue weighted by molar-refractivity contribution is -0.117. The van der Waals surface area contributed by atoms with Crippen LogP contribution in [0.3, 0.4) is 0 Å². The Bertz CT molecular complexity index is 1230. The van der Waals surface area contributed by atoms with Gasteiger partial charge < -0.3 is 5.32 Å². The van der Waals surface area contributed by atoms with Crippen LogP contribution in [0.4, 0.5) is 0 Å². The van der Waals surface area contributed by atoms with Gasteiger partial charge in [0.1, 0.15) is 5.69 Å². The number of ketones is 1. The van der Waals surface area contributed by atoms with E-state index in [1.807, 2.05) is 43.5 Å². The van der Waals surface area contributed by atoms with Crippen LogP contribution in [0.25, 0.3) is 27.2 Å². The number of rotatable bonds is 5. The predicted molar refractivity (Wildman–Crippen MR) is 119 cm³/mol. The van der Waals surface area contributed by atoms with Crippen LogP contribution in [0.1, 0.15) is 36.5 Å². The Kier molecular flexibility index (Phi) is 5.20. The number of para-hydroxylation sites is 1. The van der Waals surface area contributed by atoms with Crippen LogP contribution in [0.5, 0.6) is 0 Å². The predicted octanol–water partition coefficient (Wildman–Crippen LogP) is 4.53. The second-order valence-corrected chi connectivity index (χ2v) is 7.69. The Morgan fingerprint density at radius 2 is 1.97 bits per heavy atom. The molecule has 0 saturated carbocycles. The quantitative estimate of drug-likeness (QED) is 0.501. The molecular weight excluding hydrogens is 382 g/mol. The molecule has 146 valence electrons. The molecule has 29 heavy (non-hydrogen) atoms. The Labute approximate surface area is 173 Å². The molecule has 1 aliphatic carbocycles. The Morgan fingerprint density at radius 1 is 1.17 bits per heavy atom. The molecule has 2 aromatic heterocycles. The lowest BCUT2D eigenvalue weighted by Gasteiger charge is -2.22. The van der Waals surface area contributed by atoms with Gasteiger partial charge in [-0.1, -0.05) is 24.3 Å². The molecule has 4 rings (SSSR count). The number of pyridine rings is 2. The number of carbonyl (C=O) groups excluding carboxylic acids is 2. The van der Waals surface area contributed by atoms with Gasteiger partial charge in [0.05, 0.1) is 16.1 Å². The van der Waals surface area contributed by atoms with Crippen molar-refractivity contribution in [2.75, 3.05) is 12.8 Å². The molecule has 0 unspecified atom stereocenters. The van der Waals surface area contributed by atoms with E-state index in [4.69, 9.17) is 4.98 Å². The zero-order valence-corrected chi connectivity index (χ0v) is 17.4. The SMILES string of the molecule is C/C=C(\C)C(=O)NCCC1=C(SC)C(=O)c2nccc3c2c1nc1ccccc13. The van der Waals surface area contributed by atoms with E-state index in [-0.39, 0.29) is 11.7 Å². The monoisotopic (exact) mass is 403 g/mol. The number of carbonyl (C=O) groups is 2. The number of benzene rings is 1. The van der Waals surface area contributed by atoms with Crippen molar-refractivity contribution in [2.45, 2.75) is 20.3 Å². The maximum absolute atomic E-state index is 13.2. The van der Waals surface area contributed by atoms with Crippen molar-refractivity contribution in [1.82, 2.24) is 15.3 Å². The highest BCUT2D eigenvalue weighted by molar-refractivity contribution is 8.03. The third-order valence-electron chi connectivity index (χ3n) is 5.25. The molecule has 2 heterocycles. The highest BCUT2D eigenvalue weighted by Crippen LogP contribution is 2.41. The summed E-state index contributed by atoms with van der Waals surface area (Å²) in [5.74, 6) is -0.168. The van der Waals surface area contributed by atoms with Crippen LogP contribution in [-0.4, -0.2) is 34.5 Å². The Morgan fingerprint density at radius 3 is 2.72 bits per heavy atom. The number of hydrogen-bond donors (Lipinski definition) is 1. The fraction of sp³-hybridized carbons (Fsp3) is 0.217. The molecule has 0 atom stereocenters. The van der Waals surface area contributed by atoms with Crippen molar-refractivity contribution >= 4 is 50.7 Å². The van der Waals surface area contributed by atoms with E-state index in [1.165, 1.54) is 11.8 Å². The molecule has 1 aliphatic rings. The zero-order chi connectivity index (χ0) is 20.5. The minimum atomic E-state index is -0.0976. The van der Waals surface area contributed by atoms with E-state index in [0.29, 0.717) is 29.1 Å². The van der Waals surface area contributed by atoms with Gasteiger partial charge in [0, 0.05) is 29.1 Å². The van der Waals surface area contributed by atoms with Crippen molar-refractivity contribution in [3.05, 3.63) is 64.5 Å². The molecule has 5 nitrogen and oxygen atoms in total. The van der Waals surface area contributed by atoms with Gasteiger partial charge in [-0.3, -0.25) is 14.6 Å². The van der Waals surface area contributed by atoms with E-state index in [2.05, 4.69) is 10.3 Å². The number of nitrogens with one attached hydrogen (secondary N) is 1. The first kappa shape index (κ1) is 19.3. The van der Waals surface area contributed by atoms with Crippen LogP contribution in [0.15, 0.2) is 53.1 Å². The molecular formula is C23H21N3O2S. The molecule has 1 amide bonds. The van der Waals surface area contributed by atoms with E-state index < -0.39 is 0 Å². The lowest BCUT2D eigenvalue weighted by Crippen LogP contribution is -2.26. The smallest absolute Gasteiger partial charge is 0.246 e. The van der Waals surface area contributed by atoms with Gasteiger partial charge in [-0.15, -0.1) is 11.8 Å². The summed E-state index contributed by atoms with van der Waals surface area (Å²) >= 11 is 1.41. The molecule has 6 heteroatoms. The highest BCUT2D eigenvalue weighted by atomic mass is 32.2.